The van der Waals surface area contributed by atoms with Crippen LogP contribution in [-0.2, 0) is 6.54 Å². The predicted molar refractivity (Wildman–Crippen MR) is 71.2 cm³/mol. The molecule has 0 radical (unpaired) electrons. The molecule has 1 aromatic rings. The Balaban J connectivity index is 2.73. The van der Waals surface area contributed by atoms with Gasteiger partial charge in [0.25, 0.3) is 5.56 Å². The molecule has 100 valence electrons. The number of carbonyl (C=O) groups is 1. The van der Waals surface area contributed by atoms with E-state index in [4.69, 9.17) is 5.11 Å². The second-order valence-electron chi connectivity index (χ2n) is 4.56. The molecule has 0 aliphatic carbocycles. The monoisotopic (exact) mass is 251 g/mol. The highest BCUT2D eigenvalue weighted by Crippen LogP contribution is 2.05. The van der Waals surface area contributed by atoms with Gasteiger partial charge in [-0.15, -0.1) is 0 Å². The lowest BCUT2D eigenvalue weighted by atomic mass is 10.1. The van der Waals surface area contributed by atoms with Crippen molar-refractivity contribution in [3.05, 3.63) is 33.7 Å². The van der Waals surface area contributed by atoms with Crippen LogP contribution in [0.1, 0.15) is 55.1 Å². The maximum atomic E-state index is 11.9. The van der Waals surface area contributed by atoms with E-state index in [1.54, 1.807) is 10.6 Å². The number of carboxylic acid groups (broad SMARTS) is 1. The lowest BCUT2D eigenvalue weighted by Crippen LogP contribution is -2.27. The maximum Gasteiger partial charge on any atom is 0.341 e. The van der Waals surface area contributed by atoms with Gasteiger partial charge >= 0.3 is 5.97 Å². The van der Waals surface area contributed by atoms with E-state index in [1.165, 1.54) is 25.3 Å². The number of carboxylic acids is 1. The molecule has 0 saturated carbocycles. The predicted octanol–water partition coefficient (Wildman–Crippen LogP) is 2.83. The first kappa shape index (κ1) is 14.5. The molecule has 0 fully saturated rings. The molecule has 0 unspecified atom stereocenters. The third-order valence-electron chi connectivity index (χ3n) is 3.11. The van der Waals surface area contributed by atoms with Crippen LogP contribution >= 0.6 is 0 Å². The van der Waals surface area contributed by atoms with Crippen LogP contribution in [0.25, 0.3) is 0 Å². The van der Waals surface area contributed by atoms with Crippen LogP contribution in [0.5, 0.6) is 0 Å². The van der Waals surface area contributed by atoms with E-state index in [9.17, 15) is 9.59 Å². The van der Waals surface area contributed by atoms with Crippen molar-refractivity contribution in [1.82, 2.24) is 4.57 Å². The fourth-order valence-corrected chi connectivity index (χ4v) is 1.98. The van der Waals surface area contributed by atoms with Crippen molar-refractivity contribution in [1.29, 1.82) is 0 Å². The van der Waals surface area contributed by atoms with Gasteiger partial charge in [-0.1, -0.05) is 32.6 Å². The summed E-state index contributed by atoms with van der Waals surface area (Å²) in [6.45, 7) is 4.60. The Kier molecular flexibility index (Phi) is 5.62. The van der Waals surface area contributed by atoms with Gasteiger partial charge in [-0.3, -0.25) is 4.79 Å². The standard InChI is InChI=1S/C14H21NO3/c1-3-4-5-6-7-10-15-11(2)8-9-12(13(15)16)14(17)18/h8-9H,3-7,10H2,1-2H3,(H,17,18). The van der Waals surface area contributed by atoms with Crippen molar-refractivity contribution in [2.24, 2.45) is 0 Å². The van der Waals surface area contributed by atoms with Crippen molar-refractivity contribution in [2.45, 2.75) is 52.5 Å². The van der Waals surface area contributed by atoms with E-state index in [1.807, 2.05) is 6.92 Å². The molecule has 1 rings (SSSR count). The SMILES string of the molecule is CCCCCCCn1c(C)ccc(C(=O)O)c1=O. The minimum Gasteiger partial charge on any atom is -0.477 e. The van der Waals surface area contributed by atoms with E-state index in [0.717, 1.165) is 18.5 Å². The van der Waals surface area contributed by atoms with Gasteiger partial charge in [0.05, 0.1) is 0 Å². The quantitative estimate of drug-likeness (QED) is 0.758. The molecule has 1 N–H and O–H groups in total. The molecule has 18 heavy (non-hydrogen) atoms. The molecule has 0 aromatic carbocycles. The second-order valence-corrected chi connectivity index (χ2v) is 4.56. The minimum atomic E-state index is -1.15. The Bertz CT molecular complexity index is 463. The maximum absolute atomic E-state index is 11.9. The summed E-state index contributed by atoms with van der Waals surface area (Å²) >= 11 is 0. The second kappa shape index (κ2) is 6.99. The van der Waals surface area contributed by atoms with E-state index in [0.29, 0.717) is 6.54 Å². The van der Waals surface area contributed by atoms with Gasteiger partial charge in [0.2, 0.25) is 0 Å². The van der Waals surface area contributed by atoms with Gasteiger partial charge in [0.1, 0.15) is 5.56 Å². The highest BCUT2D eigenvalue weighted by molar-refractivity contribution is 5.87. The lowest BCUT2D eigenvalue weighted by molar-refractivity contribution is 0.0694. The zero-order valence-electron chi connectivity index (χ0n) is 11.1. The van der Waals surface area contributed by atoms with E-state index >= 15 is 0 Å². The highest BCUT2D eigenvalue weighted by Gasteiger charge is 2.11. The van der Waals surface area contributed by atoms with Crippen LogP contribution in [-0.4, -0.2) is 15.6 Å². The Morgan fingerprint density at radius 1 is 1.22 bits per heavy atom. The summed E-state index contributed by atoms with van der Waals surface area (Å²) in [7, 11) is 0. The molecule has 0 aliphatic heterocycles. The van der Waals surface area contributed by atoms with Crippen LogP contribution in [0, 0.1) is 6.92 Å². The molecule has 0 aliphatic rings. The summed E-state index contributed by atoms with van der Waals surface area (Å²) in [5, 5.41) is 8.91. The van der Waals surface area contributed by atoms with Crippen LogP contribution in [0.2, 0.25) is 0 Å². The first-order valence-electron chi connectivity index (χ1n) is 6.51. The van der Waals surface area contributed by atoms with Crippen LogP contribution in [0.3, 0.4) is 0 Å². The fraction of sp³-hybridized carbons (Fsp3) is 0.571. The van der Waals surface area contributed by atoms with Crippen molar-refractivity contribution < 1.29 is 9.90 Å². The van der Waals surface area contributed by atoms with Gasteiger partial charge in [-0.2, -0.15) is 0 Å². The Morgan fingerprint density at radius 2 is 1.89 bits per heavy atom. The van der Waals surface area contributed by atoms with Crippen molar-refractivity contribution in [2.75, 3.05) is 0 Å². The number of nitrogens with zero attached hydrogens (tertiary/aromatic N) is 1. The van der Waals surface area contributed by atoms with Crippen LogP contribution < -0.4 is 5.56 Å². The molecule has 4 nitrogen and oxygen atoms in total. The van der Waals surface area contributed by atoms with Gasteiger partial charge in [0.15, 0.2) is 0 Å². The van der Waals surface area contributed by atoms with Crippen LogP contribution in [0.15, 0.2) is 16.9 Å². The van der Waals surface area contributed by atoms with Gasteiger partial charge in [0, 0.05) is 12.2 Å². The number of hydrogen-bond donors (Lipinski definition) is 1. The average Bonchev–Trinajstić information content (AvgIpc) is 2.32. The van der Waals surface area contributed by atoms with E-state index < -0.39 is 11.5 Å². The topological polar surface area (TPSA) is 59.3 Å². The Labute approximate surface area is 107 Å². The molecule has 0 amide bonds. The Hall–Kier alpha value is -1.58. The van der Waals surface area contributed by atoms with Crippen molar-refractivity contribution >= 4 is 5.97 Å². The number of hydrogen-bond acceptors (Lipinski definition) is 2. The number of unbranched alkanes of at least 4 members (excludes halogenated alkanes) is 4. The summed E-state index contributed by atoms with van der Waals surface area (Å²) in [6.07, 6.45) is 5.57. The first-order chi connectivity index (χ1) is 8.57. The summed E-state index contributed by atoms with van der Waals surface area (Å²) in [5.41, 5.74) is 0.285. The third kappa shape index (κ3) is 3.72. The van der Waals surface area contributed by atoms with E-state index in [2.05, 4.69) is 6.92 Å². The van der Waals surface area contributed by atoms with Crippen LogP contribution in [0.4, 0.5) is 0 Å². The number of rotatable bonds is 7. The largest absolute Gasteiger partial charge is 0.477 e. The Morgan fingerprint density at radius 3 is 2.50 bits per heavy atom. The lowest BCUT2D eigenvalue weighted by Gasteiger charge is -2.10. The summed E-state index contributed by atoms with van der Waals surface area (Å²) in [5.74, 6) is -1.15. The van der Waals surface area contributed by atoms with Crippen molar-refractivity contribution in [3.63, 3.8) is 0 Å². The third-order valence-corrected chi connectivity index (χ3v) is 3.11. The number of aromatic carboxylic acids is 1. The first-order valence-corrected chi connectivity index (χ1v) is 6.51. The smallest absolute Gasteiger partial charge is 0.341 e. The zero-order valence-corrected chi connectivity index (χ0v) is 11.1. The van der Waals surface area contributed by atoms with Gasteiger partial charge in [-0.05, 0) is 25.5 Å². The number of aromatic nitrogens is 1. The molecule has 4 heteroatoms. The molecule has 0 spiro atoms. The molecular formula is C14H21NO3. The van der Waals surface area contributed by atoms with Crippen molar-refractivity contribution in [3.8, 4) is 0 Å². The average molecular weight is 251 g/mol. The summed E-state index contributed by atoms with van der Waals surface area (Å²) in [4.78, 5) is 22.8. The van der Waals surface area contributed by atoms with Gasteiger partial charge < -0.3 is 9.67 Å². The van der Waals surface area contributed by atoms with E-state index in [-0.39, 0.29) is 5.56 Å². The molecule has 0 bridgehead atoms. The highest BCUT2D eigenvalue weighted by atomic mass is 16.4. The molecule has 0 atom stereocenters. The minimum absolute atomic E-state index is 0.144. The normalized spacial score (nSPS) is 10.6. The molecule has 0 saturated heterocycles. The molecule has 1 heterocycles. The zero-order chi connectivity index (χ0) is 13.5. The summed E-state index contributed by atoms with van der Waals surface area (Å²) < 4.78 is 1.56. The number of pyridine rings is 1. The summed E-state index contributed by atoms with van der Waals surface area (Å²) in [6, 6.07) is 3.07. The fourth-order valence-electron chi connectivity index (χ4n) is 1.98. The molecule has 1 aromatic heterocycles. The molecular weight excluding hydrogens is 230 g/mol. The number of aryl methyl sites for hydroxylation is 1. The van der Waals surface area contributed by atoms with Gasteiger partial charge in [-0.25, -0.2) is 4.79 Å².